The highest BCUT2D eigenvalue weighted by molar-refractivity contribution is 5.96. The van der Waals surface area contributed by atoms with Crippen molar-refractivity contribution in [3.05, 3.63) is 65.1 Å². The molecule has 2 unspecified atom stereocenters. The van der Waals surface area contributed by atoms with Crippen molar-refractivity contribution in [3.8, 4) is 11.1 Å². The Kier molecular flexibility index (Phi) is 4.91. The number of aromatic nitrogens is 2. The van der Waals surface area contributed by atoms with Crippen LogP contribution in [0.5, 0.6) is 0 Å². The highest BCUT2D eigenvalue weighted by Crippen LogP contribution is 2.31. The van der Waals surface area contributed by atoms with Gasteiger partial charge < -0.3 is 10.2 Å². The topological polar surface area (TPSA) is 74.0 Å². The molecule has 154 valence electrons. The van der Waals surface area contributed by atoms with Crippen molar-refractivity contribution in [2.75, 3.05) is 6.54 Å². The van der Waals surface area contributed by atoms with E-state index in [4.69, 9.17) is 15.1 Å². The van der Waals surface area contributed by atoms with Gasteiger partial charge >= 0.3 is 0 Å². The summed E-state index contributed by atoms with van der Waals surface area (Å²) < 4.78 is 7.20. The fraction of sp³-hybridized carbons (Fsp3) is 0.360. The first-order chi connectivity index (χ1) is 14.6. The highest BCUT2D eigenvalue weighted by Gasteiger charge is 2.23. The van der Waals surface area contributed by atoms with Crippen LogP contribution in [0, 0.1) is 18.8 Å². The molecule has 0 radical (unpaired) electrons. The molecule has 2 aromatic heterocycles. The Morgan fingerprint density at radius 1 is 1.13 bits per heavy atom. The maximum atomic E-state index is 13.7. The van der Waals surface area contributed by atoms with Gasteiger partial charge in [-0.2, -0.15) is 0 Å². The number of hydrogen-bond acceptors (Lipinski definition) is 4. The van der Waals surface area contributed by atoms with Gasteiger partial charge in [0.05, 0.1) is 23.4 Å². The zero-order chi connectivity index (χ0) is 20.7. The maximum absolute atomic E-state index is 13.7. The lowest BCUT2D eigenvalue weighted by Crippen LogP contribution is -2.31. The van der Waals surface area contributed by atoms with Gasteiger partial charge in [0.2, 0.25) is 0 Å². The Hall–Kier alpha value is -2.92. The summed E-state index contributed by atoms with van der Waals surface area (Å²) in [7, 11) is 0. The van der Waals surface area contributed by atoms with Gasteiger partial charge in [0, 0.05) is 17.3 Å². The van der Waals surface area contributed by atoms with E-state index in [1.165, 1.54) is 12.8 Å². The smallest absolute Gasteiger partial charge is 0.262 e. The highest BCUT2D eigenvalue weighted by atomic mass is 16.3. The molecule has 1 fully saturated rings. The van der Waals surface area contributed by atoms with Crippen LogP contribution in [0.4, 0.5) is 0 Å². The molecule has 0 aliphatic heterocycles. The van der Waals surface area contributed by atoms with Crippen LogP contribution in [0.2, 0.25) is 0 Å². The van der Waals surface area contributed by atoms with Gasteiger partial charge in [-0.05, 0) is 67.8 Å². The fourth-order valence-corrected chi connectivity index (χ4v) is 5.00. The molecule has 0 saturated heterocycles. The molecule has 1 aliphatic rings. The van der Waals surface area contributed by atoms with Gasteiger partial charge in [-0.15, -0.1) is 0 Å². The van der Waals surface area contributed by atoms with Gasteiger partial charge in [-0.1, -0.05) is 30.7 Å². The summed E-state index contributed by atoms with van der Waals surface area (Å²) in [6, 6.07) is 12.1. The first-order valence-electron chi connectivity index (χ1n) is 10.8. The summed E-state index contributed by atoms with van der Waals surface area (Å²) >= 11 is 0. The monoisotopic (exact) mass is 401 g/mol. The van der Waals surface area contributed by atoms with Gasteiger partial charge in [0.15, 0.2) is 0 Å². The quantitative estimate of drug-likeness (QED) is 0.529. The van der Waals surface area contributed by atoms with Crippen LogP contribution in [0.3, 0.4) is 0 Å². The Labute approximate surface area is 175 Å². The van der Waals surface area contributed by atoms with Crippen molar-refractivity contribution in [1.82, 2.24) is 9.55 Å². The summed E-state index contributed by atoms with van der Waals surface area (Å²) in [6.07, 6.45) is 8.12. The van der Waals surface area contributed by atoms with E-state index in [2.05, 4.69) is 6.07 Å². The predicted octanol–water partition coefficient (Wildman–Crippen LogP) is 4.88. The minimum atomic E-state index is 0.0512. The molecule has 30 heavy (non-hydrogen) atoms. The largest absolute Gasteiger partial charge is 0.471 e. The normalized spacial score (nSPS) is 19.5. The SMILES string of the molecule is Cc1nc2cccc(-c3ccc4cocc4c3)c2c(=O)n1CC1CCCC(CN)C1. The van der Waals surface area contributed by atoms with E-state index in [-0.39, 0.29) is 5.56 Å². The van der Waals surface area contributed by atoms with Crippen molar-refractivity contribution in [2.45, 2.75) is 39.2 Å². The molecular weight excluding hydrogens is 374 g/mol. The van der Waals surface area contributed by atoms with Crippen LogP contribution in [0.15, 0.2) is 58.1 Å². The van der Waals surface area contributed by atoms with E-state index in [9.17, 15) is 4.79 Å². The first-order valence-corrected chi connectivity index (χ1v) is 10.8. The molecule has 4 aromatic rings. The first kappa shape index (κ1) is 19.1. The molecule has 5 heteroatoms. The third-order valence-electron chi connectivity index (χ3n) is 6.63. The molecule has 2 N–H and O–H groups in total. The zero-order valence-corrected chi connectivity index (χ0v) is 17.3. The number of furan rings is 1. The van der Waals surface area contributed by atoms with Crippen LogP contribution in [0.1, 0.15) is 31.5 Å². The van der Waals surface area contributed by atoms with E-state index in [1.807, 2.05) is 41.8 Å². The molecular formula is C25H27N3O2. The predicted molar refractivity (Wildman–Crippen MR) is 120 cm³/mol. The molecule has 0 amide bonds. The van der Waals surface area contributed by atoms with Gasteiger partial charge in [-0.25, -0.2) is 4.98 Å². The average Bonchev–Trinajstić information content (AvgIpc) is 3.24. The van der Waals surface area contributed by atoms with Gasteiger partial charge in [0.25, 0.3) is 5.56 Å². The van der Waals surface area contributed by atoms with Crippen LogP contribution in [-0.4, -0.2) is 16.1 Å². The number of aryl methyl sites for hydroxylation is 1. The summed E-state index contributed by atoms with van der Waals surface area (Å²) in [6.45, 7) is 3.40. The molecule has 5 nitrogen and oxygen atoms in total. The lowest BCUT2D eigenvalue weighted by molar-refractivity contribution is 0.244. The Bertz CT molecular complexity index is 1270. The lowest BCUT2D eigenvalue weighted by Gasteiger charge is -2.29. The van der Waals surface area contributed by atoms with Gasteiger partial charge in [0.1, 0.15) is 5.82 Å². The number of fused-ring (bicyclic) bond motifs is 2. The summed E-state index contributed by atoms with van der Waals surface area (Å²) in [5, 5.41) is 2.77. The number of rotatable bonds is 4. The minimum absolute atomic E-state index is 0.0512. The molecule has 5 rings (SSSR count). The Morgan fingerprint density at radius 2 is 1.97 bits per heavy atom. The fourth-order valence-electron chi connectivity index (χ4n) is 5.00. The number of nitrogens with zero attached hydrogens (tertiary/aromatic N) is 2. The second-order valence-electron chi connectivity index (χ2n) is 8.62. The zero-order valence-electron chi connectivity index (χ0n) is 17.3. The third kappa shape index (κ3) is 3.33. The van der Waals surface area contributed by atoms with Crippen LogP contribution in [0.25, 0.3) is 32.8 Å². The van der Waals surface area contributed by atoms with Crippen molar-refractivity contribution in [2.24, 2.45) is 17.6 Å². The molecule has 0 spiro atoms. The van der Waals surface area contributed by atoms with Crippen LogP contribution in [-0.2, 0) is 6.54 Å². The van der Waals surface area contributed by atoms with Crippen molar-refractivity contribution >= 4 is 21.7 Å². The van der Waals surface area contributed by atoms with E-state index in [0.717, 1.165) is 59.2 Å². The average molecular weight is 402 g/mol. The minimum Gasteiger partial charge on any atom is -0.471 e. The number of hydrogen-bond donors (Lipinski definition) is 1. The summed E-state index contributed by atoms with van der Waals surface area (Å²) in [4.78, 5) is 18.5. The Morgan fingerprint density at radius 3 is 2.83 bits per heavy atom. The van der Waals surface area contributed by atoms with E-state index >= 15 is 0 Å². The molecule has 2 atom stereocenters. The second-order valence-corrected chi connectivity index (χ2v) is 8.62. The van der Waals surface area contributed by atoms with Crippen LogP contribution >= 0.6 is 0 Å². The van der Waals surface area contributed by atoms with Crippen LogP contribution < -0.4 is 11.3 Å². The van der Waals surface area contributed by atoms with Crippen molar-refractivity contribution < 1.29 is 4.42 Å². The van der Waals surface area contributed by atoms with Crippen molar-refractivity contribution in [1.29, 1.82) is 0 Å². The summed E-state index contributed by atoms with van der Waals surface area (Å²) in [5.74, 6) is 1.84. The Balaban J connectivity index is 1.61. The lowest BCUT2D eigenvalue weighted by atomic mass is 9.81. The molecule has 2 heterocycles. The number of benzene rings is 2. The molecule has 1 aliphatic carbocycles. The number of nitrogens with two attached hydrogens (primary N) is 1. The van der Waals surface area contributed by atoms with E-state index in [0.29, 0.717) is 17.2 Å². The second kappa shape index (κ2) is 7.73. The third-order valence-corrected chi connectivity index (χ3v) is 6.63. The van der Waals surface area contributed by atoms with Crippen molar-refractivity contribution in [3.63, 3.8) is 0 Å². The molecule has 1 saturated carbocycles. The van der Waals surface area contributed by atoms with Gasteiger partial charge in [-0.3, -0.25) is 9.36 Å². The molecule has 2 aromatic carbocycles. The standard InChI is InChI=1S/C25H27N3O2/c1-16-27-23-7-3-6-22(19-8-9-20-14-30-15-21(20)11-19)24(23)25(29)28(16)13-18-5-2-4-17(10-18)12-26/h3,6-9,11,14-15,17-18H,2,4-5,10,12-13,26H2,1H3. The summed E-state index contributed by atoms with van der Waals surface area (Å²) in [5.41, 5.74) is 8.65. The van der Waals surface area contributed by atoms with E-state index in [1.54, 1.807) is 12.5 Å². The maximum Gasteiger partial charge on any atom is 0.262 e. The van der Waals surface area contributed by atoms with E-state index < -0.39 is 0 Å². The molecule has 0 bridgehead atoms.